The second-order valence-corrected chi connectivity index (χ2v) is 6.74. The van der Waals surface area contributed by atoms with E-state index in [1.54, 1.807) is 23.3 Å². The third-order valence-corrected chi connectivity index (χ3v) is 4.60. The number of aryl methyl sites for hydroxylation is 1. The number of anilines is 1. The highest BCUT2D eigenvalue weighted by Gasteiger charge is 2.43. The van der Waals surface area contributed by atoms with Gasteiger partial charge in [0.25, 0.3) is 0 Å². The van der Waals surface area contributed by atoms with Crippen molar-refractivity contribution in [1.82, 2.24) is 24.4 Å². The molecule has 0 aliphatic carbocycles. The first-order valence-electron chi connectivity index (χ1n) is 8.20. The van der Waals surface area contributed by atoms with Gasteiger partial charge in [0.15, 0.2) is 5.82 Å². The molecule has 7 nitrogen and oxygen atoms in total. The summed E-state index contributed by atoms with van der Waals surface area (Å²) in [5, 5.41) is 0. The van der Waals surface area contributed by atoms with E-state index in [9.17, 15) is 4.79 Å². The smallest absolute Gasteiger partial charge is 0.243 e. The molecule has 2 aromatic heterocycles. The minimum Gasteiger partial charge on any atom is -0.363 e. The molecule has 0 spiro atoms. The zero-order valence-corrected chi connectivity index (χ0v) is 14.7. The van der Waals surface area contributed by atoms with Crippen molar-refractivity contribution in [3.05, 3.63) is 36.3 Å². The fourth-order valence-electron chi connectivity index (χ4n) is 3.24. The van der Waals surface area contributed by atoms with Gasteiger partial charge in [-0.3, -0.25) is 4.79 Å². The molecule has 2 aromatic rings. The van der Waals surface area contributed by atoms with Crippen molar-refractivity contribution in [2.45, 2.75) is 38.8 Å². The van der Waals surface area contributed by atoms with E-state index in [4.69, 9.17) is 4.98 Å². The van der Waals surface area contributed by atoms with Crippen LogP contribution in [0.25, 0.3) is 0 Å². The number of nitrogens with zero attached hydrogens (tertiary/aromatic N) is 6. The van der Waals surface area contributed by atoms with Crippen LogP contribution in [0.5, 0.6) is 0 Å². The third-order valence-electron chi connectivity index (χ3n) is 4.60. The highest BCUT2D eigenvalue weighted by Crippen LogP contribution is 2.37. The molecule has 24 heavy (non-hydrogen) atoms. The number of hydrogen-bond donors (Lipinski definition) is 0. The van der Waals surface area contributed by atoms with Crippen molar-refractivity contribution in [1.29, 1.82) is 0 Å². The summed E-state index contributed by atoms with van der Waals surface area (Å²) >= 11 is 0. The van der Waals surface area contributed by atoms with E-state index in [-0.39, 0.29) is 5.91 Å². The minimum absolute atomic E-state index is 0.0736. The summed E-state index contributed by atoms with van der Waals surface area (Å²) in [5.74, 6) is 1.67. The molecule has 1 fully saturated rings. The molecule has 1 aliphatic rings. The van der Waals surface area contributed by atoms with Crippen LogP contribution in [0, 0.1) is 6.92 Å². The molecule has 3 heterocycles. The van der Waals surface area contributed by atoms with Crippen LogP contribution in [0.2, 0.25) is 0 Å². The van der Waals surface area contributed by atoms with Crippen molar-refractivity contribution in [3.63, 3.8) is 0 Å². The summed E-state index contributed by atoms with van der Waals surface area (Å²) in [7, 11) is 3.93. The number of carbonyl (C=O) groups is 1. The largest absolute Gasteiger partial charge is 0.363 e. The molecule has 1 amide bonds. The van der Waals surface area contributed by atoms with E-state index in [2.05, 4.69) is 16.9 Å². The van der Waals surface area contributed by atoms with E-state index < -0.39 is 5.54 Å². The molecule has 128 valence electrons. The second kappa shape index (κ2) is 6.22. The summed E-state index contributed by atoms with van der Waals surface area (Å²) < 4.78 is 1.80. The van der Waals surface area contributed by atoms with Crippen molar-refractivity contribution < 1.29 is 4.79 Å². The maximum absolute atomic E-state index is 12.8. The SMILES string of the molecule is Cc1cc(N(C)C)nc(C2(C)CCCN2C(=O)Cn2ccnc2)n1. The number of aromatic nitrogens is 4. The Morgan fingerprint density at radius 1 is 1.38 bits per heavy atom. The van der Waals surface area contributed by atoms with E-state index in [0.717, 1.165) is 36.7 Å². The Morgan fingerprint density at radius 3 is 2.83 bits per heavy atom. The quantitative estimate of drug-likeness (QED) is 0.852. The maximum Gasteiger partial charge on any atom is 0.243 e. The summed E-state index contributed by atoms with van der Waals surface area (Å²) in [6.07, 6.45) is 6.99. The predicted octanol–water partition coefficient (Wildman–Crippen LogP) is 1.59. The Labute approximate surface area is 142 Å². The Balaban J connectivity index is 1.91. The van der Waals surface area contributed by atoms with Crippen LogP contribution in [0.4, 0.5) is 5.82 Å². The van der Waals surface area contributed by atoms with Crippen molar-refractivity contribution in [2.24, 2.45) is 0 Å². The van der Waals surface area contributed by atoms with Gasteiger partial charge in [-0.15, -0.1) is 0 Å². The van der Waals surface area contributed by atoms with Gasteiger partial charge in [-0.2, -0.15) is 0 Å². The molecule has 0 radical (unpaired) electrons. The van der Waals surface area contributed by atoms with Gasteiger partial charge >= 0.3 is 0 Å². The summed E-state index contributed by atoms with van der Waals surface area (Å²) in [5.41, 5.74) is 0.452. The van der Waals surface area contributed by atoms with E-state index >= 15 is 0 Å². The lowest BCUT2D eigenvalue weighted by atomic mass is 9.97. The number of likely N-dealkylation sites (tertiary alicyclic amines) is 1. The number of rotatable bonds is 4. The van der Waals surface area contributed by atoms with Gasteiger partial charge in [-0.25, -0.2) is 15.0 Å². The zero-order chi connectivity index (χ0) is 17.3. The molecule has 7 heteroatoms. The summed E-state index contributed by atoms with van der Waals surface area (Å²) in [4.78, 5) is 30.1. The van der Waals surface area contributed by atoms with Gasteiger partial charge in [0, 0.05) is 44.8 Å². The van der Waals surface area contributed by atoms with Crippen molar-refractivity contribution >= 4 is 11.7 Å². The lowest BCUT2D eigenvalue weighted by Crippen LogP contribution is -2.45. The lowest BCUT2D eigenvalue weighted by Gasteiger charge is -2.34. The van der Waals surface area contributed by atoms with Crippen LogP contribution in [0.15, 0.2) is 24.8 Å². The van der Waals surface area contributed by atoms with Gasteiger partial charge in [0.05, 0.1) is 6.33 Å². The molecule has 3 rings (SSSR count). The van der Waals surface area contributed by atoms with Gasteiger partial charge in [-0.05, 0) is 26.7 Å². The molecule has 1 unspecified atom stereocenters. The van der Waals surface area contributed by atoms with Crippen LogP contribution in [0.1, 0.15) is 31.3 Å². The first-order chi connectivity index (χ1) is 11.4. The molecule has 1 aliphatic heterocycles. The first-order valence-corrected chi connectivity index (χ1v) is 8.20. The number of amides is 1. The Hall–Kier alpha value is -2.44. The van der Waals surface area contributed by atoms with Crippen LogP contribution >= 0.6 is 0 Å². The van der Waals surface area contributed by atoms with Crippen LogP contribution in [-0.4, -0.2) is 51.0 Å². The van der Waals surface area contributed by atoms with Crippen molar-refractivity contribution in [2.75, 3.05) is 25.5 Å². The van der Waals surface area contributed by atoms with E-state index in [1.165, 1.54) is 0 Å². The molecule has 0 bridgehead atoms. The Bertz CT molecular complexity index is 727. The van der Waals surface area contributed by atoms with Gasteiger partial charge in [-0.1, -0.05) is 0 Å². The fraction of sp³-hybridized carbons (Fsp3) is 0.529. The lowest BCUT2D eigenvalue weighted by molar-refractivity contribution is -0.136. The first kappa shape index (κ1) is 16.4. The summed E-state index contributed by atoms with van der Waals surface area (Å²) in [6.45, 7) is 5.06. The standard InChI is InChI=1S/C17H24N6O/c1-13-10-14(21(3)4)20-16(19-13)17(2)6-5-8-23(17)15(24)11-22-9-7-18-12-22/h7,9-10,12H,5-6,8,11H2,1-4H3. The molecular formula is C17H24N6O. The van der Waals surface area contributed by atoms with Crippen molar-refractivity contribution in [3.8, 4) is 0 Å². The topological polar surface area (TPSA) is 67.2 Å². The van der Waals surface area contributed by atoms with Gasteiger partial charge in [0.1, 0.15) is 17.9 Å². The van der Waals surface area contributed by atoms with Crippen LogP contribution in [0.3, 0.4) is 0 Å². The Kier molecular flexibility index (Phi) is 4.26. The number of hydrogen-bond acceptors (Lipinski definition) is 5. The van der Waals surface area contributed by atoms with Gasteiger partial charge < -0.3 is 14.4 Å². The maximum atomic E-state index is 12.8. The van der Waals surface area contributed by atoms with E-state index in [1.807, 2.05) is 36.9 Å². The molecule has 1 atom stereocenters. The molecule has 0 saturated carbocycles. The minimum atomic E-state index is -0.464. The Morgan fingerprint density at radius 2 is 2.17 bits per heavy atom. The summed E-state index contributed by atoms with van der Waals surface area (Å²) in [6, 6.07) is 1.96. The fourth-order valence-corrected chi connectivity index (χ4v) is 3.24. The monoisotopic (exact) mass is 328 g/mol. The molecule has 0 N–H and O–H groups in total. The highest BCUT2D eigenvalue weighted by atomic mass is 16.2. The predicted molar refractivity (Wildman–Crippen MR) is 91.6 cm³/mol. The number of carbonyl (C=O) groups excluding carboxylic acids is 1. The molecule has 1 saturated heterocycles. The van der Waals surface area contributed by atoms with Gasteiger partial charge in [0.2, 0.25) is 5.91 Å². The highest BCUT2D eigenvalue weighted by molar-refractivity contribution is 5.77. The number of imidazole rings is 1. The van der Waals surface area contributed by atoms with E-state index in [0.29, 0.717) is 6.54 Å². The normalized spacial score (nSPS) is 20.4. The second-order valence-electron chi connectivity index (χ2n) is 6.74. The third kappa shape index (κ3) is 2.98. The zero-order valence-electron chi connectivity index (χ0n) is 14.7. The average molecular weight is 328 g/mol. The average Bonchev–Trinajstić information content (AvgIpc) is 3.16. The van der Waals surface area contributed by atoms with Crippen LogP contribution in [-0.2, 0) is 16.9 Å². The van der Waals surface area contributed by atoms with Crippen LogP contribution < -0.4 is 4.90 Å². The molecule has 0 aromatic carbocycles. The molecular weight excluding hydrogens is 304 g/mol.